The molecular weight excluding hydrogens is 519 g/mol. The maximum absolute atomic E-state index is 13.3. The van der Waals surface area contributed by atoms with Gasteiger partial charge < -0.3 is 30.7 Å². The van der Waals surface area contributed by atoms with E-state index >= 15 is 0 Å². The van der Waals surface area contributed by atoms with Crippen LogP contribution in [0, 0.1) is 0 Å². The van der Waals surface area contributed by atoms with E-state index in [1.54, 1.807) is 13.8 Å². The summed E-state index contributed by atoms with van der Waals surface area (Å²) < 4.78 is 50.5. The second-order valence-electron chi connectivity index (χ2n) is 9.67. The summed E-state index contributed by atoms with van der Waals surface area (Å²) in [5, 5.41) is 10.1. The molecule has 4 amide bonds. The highest BCUT2D eigenvalue weighted by Gasteiger charge is 2.32. The number of benzene rings is 2. The molecule has 1 atom stereocenters. The first kappa shape index (κ1) is 28.0. The molecular formula is C26H30F3N5O5. The van der Waals surface area contributed by atoms with Crippen LogP contribution < -0.4 is 30.7 Å². The zero-order chi connectivity index (χ0) is 28.2. The van der Waals surface area contributed by atoms with Crippen LogP contribution in [-0.2, 0) is 17.5 Å². The van der Waals surface area contributed by atoms with Crippen molar-refractivity contribution in [2.45, 2.75) is 45.1 Å². The number of carbonyl (C=O) groups is 3. The topological polar surface area (TPSA) is 121 Å². The van der Waals surface area contributed by atoms with Crippen molar-refractivity contribution in [2.24, 2.45) is 0 Å². The number of nitrogens with one attached hydrogen (secondary N) is 4. The van der Waals surface area contributed by atoms with E-state index in [0.29, 0.717) is 37.1 Å². The van der Waals surface area contributed by atoms with Crippen molar-refractivity contribution in [1.82, 2.24) is 20.9 Å². The Balaban J connectivity index is 1.31. The van der Waals surface area contributed by atoms with Crippen molar-refractivity contribution in [3.8, 4) is 11.5 Å². The summed E-state index contributed by atoms with van der Waals surface area (Å²) in [5.74, 6) is 0.00968. The average molecular weight is 550 g/mol. The number of hydrogen-bond acceptors (Lipinski definition) is 6. The lowest BCUT2D eigenvalue weighted by molar-refractivity contribution is -0.137. The van der Waals surface area contributed by atoms with Gasteiger partial charge >= 0.3 is 12.2 Å². The van der Waals surface area contributed by atoms with Crippen LogP contribution in [0.1, 0.15) is 41.8 Å². The molecule has 0 unspecified atom stereocenters. The van der Waals surface area contributed by atoms with E-state index in [9.17, 15) is 27.6 Å². The molecule has 1 fully saturated rings. The van der Waals surface area contributed by atoms with Crippen LogP contribution >= 0.6 is 0 Å². The summed E-state index contributed by atoms with van der Waals surface area (Å²) in [7, 11) is 0. The Morgan fingerprint density at radius 3 is 2.59 bits per heavy atom. The van der Waals surface area contributed by atoms with E-state index in [1.807, 2.05) is 18.2 Å². The summed E-state index contributed by atoms with van der Waals surface area (Å²) in [6, 6.07) is 7.10. The first-order valence-electron chi connectivity index (χ1n) is 12.4. The maximum atomic E-state index is 13.3. The lowest BCUT2D eigenvalue weighted by Crippen LogP contribution is -2.43. The van der Waals surface area contributed by atoms with Gasteiger partial charge in [-0.15, -0.1) is 0 Å². The number of alkyl halides is 3. The third kappa shape index (κ3) is 7.53. The Kier molecular flexibility index (Phi) is 8.48. The van der Waals surface area contributed by atoms with Gasteiger partial charge in [0, 0.05) is 31.7 Å². The minimum atomic E-state index is -4.69. The predicted octanol–water partition coefficient (Wildman–Crippen LogP) is 3.08. The van der Waals surface area contributed by atoms with Crippen LogP contribution in [-0.4, -0.2) is 61.3 Å². The van der Waals surface area contributed by atoms with Crippen LogP contribution in [0.2, 0.25) is 0 Å². The lowest BCUT2D eigenvalue weighted by atomic mass is 10.1. The molecule has 4 N–H and O–H groups in total. The molecule has 2 heterocycles. The van der Waals surface area contributed by atoms with Crippen molar-refractivity contribution in [1.29, 1.82) is 0 Å². The van der Waals surface area contributed by atoms with Crippen molar-refractivity contribution < 1.29 is 37.0 Å². The fourth-order valence-corrected chi connectivity index (χ4v) is 4.36. The highest BCUT2D eigenvalue weighted by Crippen LogP contribution is 2.33. The number of amides is 4. The molecule has 0 aliphatic carbocycles. The Bertz CT molecular complexity index is 1240. The summed E-state index contributed by atoms with van der Waals surface area (Å²) in [6.45, 7) is 5.19. The number of hydrogen-bond donors (Lipinski definition) is 4. The molecule has 0 bridgehead atoms. The van der Waals surface area contributed by atoms with Gasteiger partial charge in [0.15, 0.2) is 11.5 Å². The Hall–Kier alpha value is -4.00. The van der Waals surface area contributed by atoms with Crippen molar-refractivity contribution >= 4 is 23.5 Å². The van der Waals surface area contributed by atoms with Gasteiger partial charge in [-0.25, -0.2) is 4.79 Å². The van der Waals surface area contributed by atoms with Gasteiger partial charge in [0.25, 0.3) is 5.91 Å². The molecule has 2 aliphatic rings. The Morgan fingerprint density at radius 2 is 1.85 bits per heavy atom. The number of halogens is 3. The van der Waals surface area contributed by atoms with Gasteiger partial charge in [0.2, 0.25) is 12.7 Å². The minimum absolute atomic E-state index is 0.117. The number of anilines is 1. The van der Waals surface area contributed by atoms with Gasteiger partial charge in [-0.2, -0.15) is 13.2 Å². The average Bonchev–Trinajstić information content (AvgIpc) is 3.50. The first-order chi connectivity index (χ1) is 18.5. The zero-order valence-electron chi connectivity index (χ0n) is 21.5. The first-order valence-corrected chi connectivity index (χ1v) is 12.4. The fourth-order valence-electron chi connectivity index (χ4n) is 4.36. The van der Waals surface area contributed by atoms with Crippen LogP contribution in [0.25, 0.3) is 0 Å². The summed E-state index contributed by atoms with van der Waals surface area (Å²) in [4.78, 5) is 39.5. The smallest absolute Gasteiger partial charge is 0.416 e. The van der Waals surface area contributed by atoms with Gasteiger partial charge in [-0.3, -0.25) is 14.5 Å². The number of ether oxygens (including phenoxy) is 2. The highest BCUT2D eigenvalue weighted by atomic mass is 19.4. The molecule has 2 aromatic rings. The second kappa shape index (κ2) is 11.8. The van der Waals surface area contributed by atoms with E-state index in [2.05, 4.69) is 26.2 Å². The van der Waals surface area contributed by atoms with E-state index in [1.165, 1.54) is 0 Å². The maximum Gasteiger partial charge on any atom is 0.416 e. The summed E-state index contributed by atoms with van der Waals surface area (Å²) in [5.41, 5.74) is -0.534. The van der Waals surface area contributed by atoms with Crippen LogP contribution in [0.15, 0.2) is 36.4 Å². The molecule has 0 spiro atoms. The van der Waals surface area contributed by atoms with Gasteiger partial charge in [-0.1, -0.05) is 6.07 Å². The standard InChI is InChI=1S/C26H30F3N5O5/c1-15(2)31-25(37)33-20-5-4-17(26(27,28)29)10-19(20)24(36)30-11-23(35)32-18-7-8-34(13-18)12-16-3-6-21-22(9-16)39-14-38-21/h3-6,9-10,15,18H,7-8,11-14H2,1-2H3,(H,30,36)(H,32,35)(H2,31,33,37)/t18-/m0/s1. The SMILES string of the molecule is CC(C)NC(=O)Nc1ccc(C(F)(F)F)cc1C(=O)NCC(=O)N[C@H]1CCN(Cc2ccc3c(c2)OCO3)C1. The van der Waals surface area contributed by atoms with E-state index in [4.69, 9.17) is 9.47 Å². The van der Waals surface area contributed by atoms with Crippen molar-refractivity contribution in [3.63, 3.8) is 0 Å². The molecule has 1 saturated heterocycles. The third-order valence-electron chi connectivity index (χ3n) is 6.15. The molecule has 39 heavy (non-hydrogen) atoms. The molecule has 2 aliphatic heterocycles. The van der Waals surface area contributed by atoms with Gasteiger partial charge in [-0.05, 0) is 56.2 Å². The van der Waals surface area contributed by atoms with Gasteiger partial charge in [0.1, 0.15) is 0 Å². The number of carbonyl (C=O) groups excluding carboxylic acids is 3. The number of fused-ring (bicyclic) bond motifs is 1. The predicted molar refractivity (Wildman–Crippen MR) is 135 cm³/mol. The van der Waals surface area contributed by atoms with Crippen LogP contribution in [0.4, 0.5) is 23.7 Å². The van der Waals surface area contributed by atoms with Crippen molar-refractivity contribution in [3.05, 3.63) is 53.1 Å². The number of rotatable bonds is 8. The number of likely N-dealkylation sites (tertiary alicyclic amines) is 1. The van der Waals surface area contributed by atoms with Crippen molar-refractivity contribution in [2.75, 3.05) is 31.7 Å². The molecule has 0 aromatic heterocycles. The molecule has 2 aromatic carbocycles. The van der Waals surface area contributed by atoms with Crippen LogP contribution in [0.5, 0.6) is 11.5 Å². The molecule has 4 rings (SSSR count). The van der Waals surface area contributed by atoms with Gasteiger partial charge in [0.05, 0.1) is 23.4 Å². The Morgan fingerprint density at radius 1 is 1.08 bits per heavy atom. The fraction of sp³-hybridized carbons (Fsp3) is 0.423. The molecule has 210 valence electrons. The zero-order valence-corrected chi connectivity index (χ0v) is 21.5. The van der Waals surface area contributed by atoms with E-state index < -0.39 is 41.7 Å². The Labute approximate surface area is 223 Å². The molecule has 10 nitrogen and oxygen atoms in total. The van der Waals surface area contributed by atoms with Crippen LogP contribution in [0.3, 0.4) is 0 Å². The minimum Gasteiger partial charge on any atom is -0.454 e. The number of nitrogens with zero attached hydrogens (tertiary/aromatic N) is 1. The summed E-state index contributed by atoms with van der Waals surface area (Å²) in [6.07, 6.45) is -3.99. The normalized spacial score (nSPS) is 16.7. The molecule has 13 heteroatoms. The number of urea groups is 1. The monoisotopic (exact) mass is 549 g/mol. The largest absolute Gasteiger partial charge is 0.454 e. The summed E-state index contributed by atoms with van der Waals surface area (Å²) >= 11 is 0. The lowest BCUT2D eigenvalue weighted by Gasteiger charge is -2.18. The quantitative estimate of drug-likeness (QED) is 0.402. The van der Waals surface area contributed by atoms with E-state index in [-0.39, 0.29) is 24.6 Å². The second-order valence-corrected chi connectivity index (χ2v) is 9.67. The molecule has 0 radical (unpaired) electrons. The molecule has 0 saturated carbocycles. The third-order valence-corrected chi connectivity index (χ3v) is 6.15. The highest BCUT2D eigenvalue weighted by molar-refractivity contribution is 6.04. The van der Waals surface area contributed by atoms with E-state index in [0.717, 1.165) is 24.2 Å².